The third-order valence-corrected chi connectivity index (χ3v) is 3.09. The maximum Gasteiger partial charge on any atom is 0.237 e. The lowest BCUT2D eigenvalue weighted by atomic mass is 10.1. The molecule has 1 aliphatic heterocycles. The van der Waals surface area contributed by atoms with E-state index in [0.29, 0.717) is 0 Å². The van der Waals surface area contributed by atoms with Gasteiger partial charge in [0.05, 0.1) is 0 Å². The summed E-state index contributed by atoms with van der Waals surface area (Å²) in [7, 11) is 0. The van der Waals surface area contributed by atoms with Crippen molar-refractivity contribution in [2.24, 2.45) is 5.92 Å². The first-order valence-corrected chi connectivity index (χ1v) is 6.23. The van der Waals surface area contributed by atoms with Crippen molar-refractivity contribution in [2.75, 3.05) is 38.6 Å². The number of rotatable bonds is 4. The third-order valence-electron chi connectivity index (χ3n) is 2.86. The molecular formula is C11H21ClN2O. The van der Waals surface area contributed by atoms with Gasteiger partial charge in [0, 0.05) is 26.2 Å². The Hall–Kier alpha value is -0.280. The topological polar surface area (TPSA) is 23.6 Å². The largest absolute Gasteiger partial charge is 0.339 e. The van der Waals surface area contributed by atoms with Gasteiger partial charge in [0.25, 0.3) is 0 Å². The molecule has 15 heavy (non-hydrogen) atoms. The highest BCUT2D eigenvalue weighted by Gasteiger charge is 2.19. The smallest absolute Gasteiger partial charge is 0.237 e. The van der Waals surface area contributed by atoms with Crippen LogP contribution in [0.25, 0.3) is 0 Å². The van der Waals surface area contributed by atoms with Gasteiger partial charge in [0.15, 0.2) is 0 Å². The zero-order chi connectivity index (χ0) is 11.3. The van der Waals surface area contributed by atoms with Crippen molar-refractivity contribution in [1.29, 1.82) is 0 Å². The Morgan fingerprint density at radius 1 is 1.27 bits per heavy atom. The van der Waals surface area contributed by atoms with Crippen molar-refractivity contribution in [3.63, 3.8) is 0 Å². The number of hydrogen-bond acceptors (Lipinski definition) is 2. The second kappa shape index (κ2) is 6.33. The van der Waals surface area contributed by atoms with Gasteiger partial charge in [-0.15, -0.1) is 11.6 Å². The molecule has 0 N–H and O–H groups in total. The summed E-state index contributed by atoms with van der Waals surface area (Å²) in [5, 5.41) is 0. The standard InChI is InChI=1S/C11H21ClN2O/c1-10(2)3-4-13-5-7-14(8-6-13)11(15)9-12/h10H,3-9H2,1-2H3. The van der Waals surface area contributed by atoms with Crippen LogP contribution in [0.4, 0.5) is 0 Å². The van der Waals surface area contributed by atoms with E-state index in [1.54, 1.807) is 0 Å². The SMILES string of the molecule is CC(C)CCN1CCN(C(=O)CCl)CC1. The van der Waals surface area contributed by atoms with Gasteiger partial charge in [-0.05, 0) is 18.9 Å². The second-order valence-electron chi connectivity index (χ2n) is 4.54. The van der Waals surface area contributed by atoms with Crippen LogP contribution in [0.15, 0.2) is 0 Å². The average Bonchev–Trinajstić information content (AvgIpc) is 2.26. The molecule has 0 aromatic carbocycles. The van der Waals surface area contributed by atoms with Crippen molar-refractivity contribution in [3.05, 3.63) is 0 Å². The molecule has 1 rings (SSSR count). The van der Waals surface area contributed by atoms with Crippen LogP contribution in [-0.4, -0.2) is 54.3 Å². The van der Waals surface area contributed by atoms with E-state index in [-0.39, 0.29) is 11.8 Å². The molecule has 0 bridgehead atoms. The average molecular weight is 233 g/mol. The maximum atomic E-state index is 11.3. The fourth-order valence-corrected chi connectivity index (χ4v) is 1.92. The highest BCUT2D eigenvalue weighted by Crippen LogP contribution is 2.06. The Morgan fingerprint density at radius 2 is 1.87 bits per heavy atom. The van der Waals surface area contributed by atoms with Gasteiger partial charge in [-0.25, -0.2) is 0 Å². The first kappa shape index (κ1) is 12.8. The normalized spacial score (nSPS) is 18.5. The molecule has 1 heterocycles. The van der Waals surface area contributed by atoms with Crippen LogP contribution in [0.1, 0.15) is 20.3 Å². The molecule has 4 heteroatoms. The van der Waals surface area contributed by atoms with Gasteiger partial charge >= 0.3 is 0 Å². The van der Waals surface area contributed by atoms with Crippen molar-refractivity contribution in [2.45, 2.75) is 20.3 Å². The highest BCUT2D eigenvalue weighted by molar-refractivity contribution is 6.27. The molecule has 0 unspecified atom stereocenters. The summed E-state index contributed by atoms with van der Waals surface area (Å²) in [4.78, 5) is 15.6. The molecule has 1 saturated heterocycles. The first-order chi connectivity index (χ1) is 7.13. The summed E-state index contributed by atoms with van der Waals surface area (Å²) < 4.78 is 0. The predicted octanol–water partition coefficient (Wildman–Crippen LogP) is 1.42. The minimum Gasteiger partial charge on any atom is -0.339 e. The minimum atomic E-state index is 0.0696. The van der Waals surface area contributed by atoms with Gasteiger partial charge in [-0.1, -0.05) is 13.8 Å². The lowest BCUT2D eigenvalue weighted by Crippen LogP contribution is -2.49. The quantitative estimate of drug-likeness (QED) is 0.685. The molecule has 0 aromatic rings. The van der Waals surface area contributed by atoms with Crippen LogP contribution in [0, 0.1) is 5.92 Å². The summed E-state index contributed by atoms with van der Waals surface area (Å²) in [5.41, 5.74) is 0. The monoisotopic (exact) mass is 232 g/mol. The number of carbonyl (C=O) groups excluding carboxylic acids is 1. The molecule has 1 amide bonds. The maximum absolute atomic E-state index is 11.3. The van der Waals surface area contributed by atoms with E-state index in [4.69, 9.17) is 11.6 Å². The van der Waals surface area contributed by atoms with Gasteiger partial charge in [0.2, 0.25) is 5.91 Å². The lowest BCUT2D eigenvalue weighted by molar-refractivity contribution is -0.130. The molecular weight excluding hydrogens is 212 g/mol. The zero-order valence-electron chi connectivity index (χ0n) is 9.71. The van der Waals surface area contributed by atoms with E-state index in [2.05, 4.69) is 18.7 Å². The van der Waals surface area contributed by atoms with E-state index >= 15 is 0 Å². The minimum absolute atomic E-state index is 0.0696. The third kappa shape index (κ3) is 4.39. The number of halogens is 1. The van der Waals surface area contributed by atoms with Crippen LogP contribution >= 0.6 is 11.6 Å². The molecule has 1 fully saturated rings. The van der Waals surface area contributed by atoms with Crippen LogP contribution in [0.2, 0.25) is 0 Å². The molecule has 0 spiro atoms. The number of carbonyl (C=O) groups is 1. The Labute approximate surface area is 97.4 Å². The van der Waals surface area contributed by atoms with Crippen LogP contribution in [0.5, 0.6) is 0 Å². The number of amides is 1. The van der Waals surface area contributed by atoms with E-state index in [9.17, 15) is 4.79 Å². The van der Waals surface area contributed by atoms with Crippen LogP contribution in [-0.2, 0) is 4.79 Å². The summed E-state index contributed by atoms with van der Waals surface area (Å²) in [5.74, 6) is 0.944. The van der Waals surface area contributed by atoms with E-state index in [1.807, 2.05) is 4.90 Å². The fourth-order valence-electron chi connectivity index (χ4n) is 1.75. The van der Waals surface area contributed by atoms with Gasteiger partial charge in [-0.3, -0.25) is 9.69 Å². The highest BCUT2D eigenvalue weighted by atomic mass is 35.5. The van der Waals surface area contributed by atoms with E-state index in [0.717, 1.165) is 38.6 Å². The molecule has 88 valence electrons. The molecule has 3 nitrogen and oxygen atoms in total. The van der Waals surface area contributed by atoms with Crippen molar-refractivity contribution in [1.82, 2.24) is 9.80 Å². The summed E-state index contributed by atoms with van der Waals surface area (Å²) in [6.45, 7) is 9.30. The second-order valence-corrected chi connectivity index (χ2v) is 4.81. The van der Waals surface area contributed by atoms with Crippen molar-refractivity contribution < 1.29 is 4.79 Å². The molecule has 0 saturated carbocycles. The summed E-state index contributed by atoms with van der Waals surface area (Å²) >= 11 is 5.52. The van der Waals surface area contributed by atoms with E-state index in [1.165, 1.54) is 6.42 Å². The molecule has 0 radical (unpaired) electrons. The zero-order valence-corrected chi connectivity index (χ0v) is 10.5. The van der Waals surface area contributed by atoms with Gasteiger partial charge in [0.1, 0.15) is 5.88 Å². The Morgan fingerprint density at radius 3 is 2.33 bits per heavy atom. The first-order valence-electron chi connectivity index (χ1n) is 5.69. The fraction of sp³-hybridized carbons (Fsp3) is 0.909. The van der Waals surface area contributed by atoms with Gasteiger partial charge in [-0.2, -0.15) is 0 Å². The molecule has 0 aliphatic carbocycles. The van der Waals surface area contributed by atoms with E-state index < -0.39 is 0 Å². The van der Waals surface area contributed by atoms with Gasteiger partial charge < -0.3 is 4.90 Å². The Kier molecular flexibility index (Phi) is 5.40. The van der Waals surface area contributed by atoms with Crippen LogP contribution < -0.4 is 0 Å². The number of hydrogen-bond donors (Lipinski definition) is 0. The molecule has 0 atom stereocenters. The Balaban J connectivity index is 2.21. The summed E-state index contributed by atoms with van der Waals surface area (Å²) in [6, 6.07) is 0. The number of nitrogens with zero attached hydrogens (tertiary/aromatic N) is 2. The molecule has 1 aliphatic rings. The van der Waals surface area contributed by atoms with Crippen molar-refractivity contribution in [3.8, 4) is 0 Å². The number of piperazine rings is 1. The van der Waals surface area contributed by atoms with Crippen molar-refractivity contribution >= 4 is 17.5 Å². The summed E-state index contributed by atoms with van der Waals surface area (Å²) in [6.07, 6.45) is 1.24. The number of alkyl halides is 1. The lowest BCUT2D eigenvalue weighted by Gasteiger charge is -2.34. The predicted molar refractivity (Wildman–Crippen MR) is 63.2 cm³/mol. The van der Waals surface area contributed by atoms with Crippen LogP contribution in [0.3, 0.4) is 0 Å². The molecule has 0 aromatic heterocycles. The Bertz CT molecular complexity index is 201.